The molecule has 0 bridgehead atoms. The number of hydrogen-bond acceptors (Lipinski definition) is 4. The summed E-state index contributed by atoms with van der Waals surface area (Å²) in [6.07, 6.45) is 1.98. The van der Waals surface area contributed by atoms with Gasteiger partial charge >= 0.3 is 5.97 Å². The van der Waals surface area contributed by atoms with Gasteiger partial charge in [-0.3, -0.25) is 4.79 Å². The van der Waals surface area contributed by atoms with E-state index in [4.69, 9.17) is 15.6 Å². The number of carboxylic acids is 1. The van der Waals surface area contributed by atoms with Crippen LogP contribution in [0.25, 0.3) is 0 Å². The van der Waals surface area contributed by atoms with Crippen molar-refractivity contribution in [3.63, 3.8) is 0 Å². The van der Waals surface area contributed by atoms with Gasteiger partial charge in [-0.05, 0) is 28.4 Å². The van der Waals surface area contributed by atoms with Gasteiger partial charge in [-0.15, -0.1) is 0 Å². The maximum absolute atomic E-state index is 10.4. The molecule has 0 aromatic carbocycles. The fourth-order valence-electron chi connectivity index (χ4n) is 1.31. The minimum Gasteiger partial charge on any atom is -0.481 e. The number of ether oxygens (including phenoxy) is 1. The lowest BCUT2D eigenvalue weighted by atomic mass is 10.0. The van der Waals surface area contributed by atoms with Crippen LogP contribution in [0.15, 0.2) is 16.7 Å². The van der Waals surface area contributed by atoms with E-state index in [-0.39, 0.29) is 6.42 Å². The van der Waals surface area contributed by atoms with Crippen LogP contribution < -0.4 is 10.5 Å². The zero-order valence-corrected chi connectivity index (χ0v) is 10.4. The van der Waals surface area contributed by atoms with Crippen molar-refractivity contribution < 1.29 is 14.6 Å². The minimum atomic E-state index is -0.864. The average Bonchev–Trinajstić information content (AvgIpc) is 2.25. The molecule has 16 heavy (non-hydrogen) atoms. The zero-order valence-electron chi connectivity index (χ0n) is 8.81. The second-order valence-corrected chi connectivity index (χ2v) is 4.21. The van der Waals surface area contributed by atoms with Crippen LogP contribution in [-0.2, 0) is 4.79 Å². The highest BCUT2D eigenvalue weighted by molar-refractivity contribution is 9.10. The van der Waals surface area contributed by atoms with E-state index in [0.29, 0.717) is 17.9 Å². The first-order chi connectivity index (χ1) is 7.54. The number of nitrogens with zero attached hydrogens (tertiary/aromatic N) is 1. The van der Waals surface area contributed by atoms with Crippen molar-refractivity contribution in [2.75, 3.05) is 7.11 Å². The van der Waals surface area contributed by atoms with Crippen molar-refractivity contribution in [3.05, 3.63) is 22.3 Å². The third-order valence-corrected chi connectivity index (χ3v) is 2.54. The SMILES string of the molecule is COc1ncc(Br)cc1C(N)CCC(=O)O. The number of hydrogen-bond donors (Lipinski definition) is 2. The molecule has 1 aromatic rings. The molecule has 3 N–H and O–H groups in total. The van der Waals surface area contributed by atoms with Gasteiger partial charge in [0.05, 0.1) is 7.11 Å². The number of carboxylic acid groups (broad SMARTS) is 1. The molecule has 0 radical (unpaired) electrons. The molecule has 0 fully saturated rings. The molecule has 0 aliphatic heterocycles. The van der Waals surface area contributed by atoms with Crippen molar-refractivity contribution in [1.82, 2.24) is 4.98 Å². The molecular formula is C10H13BrN2O3. The zero-order chi connectivity index (χ0) is 12.1. The van der Waals surface area contributed by atoms with Crippen molar-refractivity contribution in [2.24, 2.45) is 5.73 Å². The first-order valence-corrected chi connectivity index (χ1v) is 5.50. The Hall–Kier alpha value is -1.14. The third-order valence-electron chi connectivity index (χ3n) is 2.11. The molecule has 0 amide bonds. The fraction of sp³-hybridized carbons (Fsp3) is 0.400. The van der Waals surface area contributed by atoms with Gasteiger partial charge in [-0.1, -0.05) is 0 Å². The van der Waals surface area contributed by atoms with Crippen molar-refractivity contribution >= 4 is 21.9 Å². The van der Waals surface area contributed by atoms with Crippen LogP contribution in [0.3, 0.4) is 0 Å². The van der Waals surface area contributed by atoms with Gasteiger partial charge in [0.2, 0.25) is 5.88 Å². The summed E-state index contributed by atoms with van der Waals surface area (Å²) in [6, 6.07) is 1.40. The molecule has 88 valence electrons. The number of halogens is 1. The average molecular weight is 289 g/mol. The number of aliphatic carboxylic acids is 1. The van der Waals surface area contributed by atoms with Crippen molar-refractivity contribution in [2.45, 2.75) is 18.9 Å². The lowest BCUT2D eigenvalue weighted by Gasteiger charge is -2.14. The van der Waals surface area contributed by atoms with E-state index < -0.39 is 12.0 Å². The Kier molecular flexibility index (Phi) is 4.70. The topological polar surface area (TPSA) is 85.4 Å². The summed E-state index contributed by atoms with van der Waals surface area (Å²) in [5, 5.41) is 8.58. The normalized spacial score (nSPS) is 12.2. The fourth-order valence-corrected chi connectivity index (χ4v) is 1.66. The van der Waals surface area contributed by atoms with Gasteiger partial charge < -0.3 is 15.6 Å². The van der Waals surface area contributed by atoms with E-state index in [0.717, 1.165) is 4.47 Å². The molecule has 1 rings (SSSR count). The van der Waals surface area contributed by atoms with Crippen LogP contribution in [0.2, 0.25) is 0 Å². The third kappa shape index (κ3) is 3.46. The van der Waals surface area contributed by atoms with E-state index in [1.54, 1.807) is 12.3 Å². The molecule has 1 unspecified atom stereocenters. The molecule has 0 saturated carbocycles. The molecule has 1 aromatic heterocycles. The van der Waals surface area contributed by atoms with Gasteiger partial charge in [-0.2, -0.15) is 0 Å². The minimum absolute atomic E-state index is 0.0246. The molecule has 1 heterocycles. The van der Waals surface area contributed by atoms with Crippen LogP contribution in [0, 0.1) is 0 Å². The molecule has 0 aliphatic carbocycles. The van der Waals surface area contributed by atoms with Crippen molar-refractivity contribution in [1.29, 1.82) is 0 Å². The number of rotatable bonds is 5. The van der Waals surface area contributed by atoms with Gasteiger partial charge in [0.25, 0.3) is 0 Å². The van der Waals surface area contributed by atoms with Gasteiger partial charge in [0.1, 0.15) is 0 Å². The van der Waals surface area contributed by atoms with Crippen LogP contribution in [0.1, 0.15) is 24.4 Å². The lowest BCUT2D eigenvalue weighted by molar-refractivity contribution is -0.137. The summed E-state index contributed by atoms with van der Waals surface area (Å²) >= 11 is 3.28. The van der Waals surface area contributed by atoms with Gasteiger partial charge in [-0.25, -0.2) is 4.98 Å². The second kappa shape index (κ2) is 5.81. The quantitative estimate of drug-likeness (QED) is 0.862. The first-order valence-electron chi connectivity index (χ1n) is 4.71. The lowest BCUT2D eigenvalue weighted by Crippen LogP contribution is -2.14. The highest BCUT2D eigenvalue weighted by Gasteiger charge is 2.14. The highest BCUT2D eigenvalue weighted by Crippen LogP contribution is 2.27. The smallest absolute Gasteiger partial charge is 0.303 e. The first kappa shape index (κ1) is 12.9. The molecule has 1 atom stereocenters. The molecular weight excluding hydrogens is 276 g/mol. The van der Waals surface area contributed by atoms with Crippen LogP contribution >= 0.6 is 15.9 Å². The molecule has 0 spiro atoms. The van der Waals surface area contributed by atoms with E-state index in [9.17, 15) is 4.79 Å². The van der Waals surface area contributed by atoms with Gasteiger partial charge in [0.15, 0.2) is 0 Å². The largest absolute Gasteiger partial charge is 0.481 e. The monoisotopic (exact) mass is 288 g/mol. The predicted octanol–water partition coefficient (Wildman–Crippen LogP) is 1.72. The number of nitrogens with two attached hydrogens (primary N) is 1. The second-order valence-electron chi connectivity index (χ2n) is 3.29. The summed E-state index contributed by atoms with van der Waals surface area (Å²) in [7, 11) is 1.50. The Bertz CT molecular complexity index is 384. The van der Waals surface area contributed by atoms with E-state index >= 15 is 0 Å². The Morgan fingerprint density at radius 3 is 3.00 bits per heavy atom. The van der Waals surface area contributed by atoms with E-state index in [2.05, 4.69) is 20.9 Å². The van der Waals surface area contributed by atoms with Gasteiger partial charge in [0, 0.05) is 28.7 Å². The summed E-state index contributed by atoms with van der Waals surface area (Å²) in [5.74, 6) is -0.432. The van der Waals surface area contributed by atoms with Crippen LogP contribution in [0.5, 0.6) is 5.88 Å². The number of aromatic nitrogens is 1. The standard InChI is InChI=1S/C10H13BrN2O3/c1-16-10-7(4-6(11)5-13-10)8(12)2-3-9(14)15/h4-5,8H,2-3,12H2,1H3,(H,14,15). The summed E-state index contributed by atoms with van der Waals surface area (Å²) < 4.78 is 5.86. The highest BCUT2D eigenvalue weighted by atomic mass is 79.9. The Morgan fingerprint density at radius 2 is 2.44 bits per heavy atom. The molecule has 6 heteroatoms. The predicted molar refractivity (Wildman–Crippen MR) is 62.3 cm³/mol. The summed E-state index contributed by atoms with van der Waals surface area (Å²) in [6.45, 7) is 0. The Morgan fingerprint density at radius 1 is 1.75 bits per heavy atom. The molecule has 0 saturated heterocycles. The Labute approximate surface area is 102 Å². The summed E-state index contributed by atoms with van der Waals surface area (Å²) in [5.41, 5.74) is 6.59. The summed E-state index contributed by atoms with van der Waals surface area (Å²) in [4.78, 5) is 14.5. The van der Waals surface area contributed by atoms with E-state index in [1.165, 1.54) is 7.11 Å². The molecule has 0 aliphatic rings. The molecule has 5 nitrogen and oxygen atoms in total. The van der Waals surface area contributed by atoms with Crippen molar-refractivity contribution in [3.8, 4) is 5.88 Å². The van der Waals surface area contributed by atoms with Crippen LogP contribution in [-0.4, -0.2) is 23.2 Å². The Balaban J connectivity index is 2.84. The maximum atomic E-state index is 10.4. The van der Waals surface area contributed by atoms with Crippen LogP contribution in [0.4, 0.5) is 0 Å². The number of methoxy groups -OCH3 is 1. The number of pyridine rings is 1. The number of carbonyl (C=O) groups is 1. The van der Waals surface area contributed by atoms with E-state index in [1.807, 2.05) is 0 Å². The maximum Gasteiger partial charge on any atom is 0.303 e.